The van der Waals surface area contributed by atoms with Crippen molar-refractivity contribution < 1.29 is 4.21 Å². The van der Waals surface area contributed by atoms with Crippen molar-refractivity contribution in [2.75, 3.05) is 6.54 Å². The van der Waals surface area contributed by atoms with Crippen LogP contribution in [0.4, 0.5) is 0 Å². The van der Waals surface area contributed by atoms with E-state index in [4.69, 9.17) is 11.6 Å². The summed E-state index contributed by atoms with van der Waals surface area (Å²) in [5, 5.41) is 4.61. The Labute approximate surface area is 136 Å². The van der Waals surface area contributed by atoms with Gasteiger partial charge < -0.3 is 5.32 Å². The fourth-order valence-corrected chi connectivity index (χ4v) is 5.11. The molecule has 1 N–H and O–H groups in total. The van der Waals surface area contributed by atoms with Crippen LogP contribution in [-0.4, -0.2) is 22.0 Å². The third kappa shape index (κ3) is 5.08. The highest BCUT2D eigenvalue weighted by Crippen LogP contribution is 2.25. The van der Waals surface area contributed by atoms with Crippen molar-refractivity contribution in [2.45, 2.75) is 62.5 Å². The van der Waals surface area contributed by atoms with Crippen LogP contribution in [0.25, 0.3) is 0 Å². The molecule has 1 aromatic rings. The summed E-state index contributed by atoms with van der Waals surface area (Å²) in [6.07, 6.45) is 7.06. The first-order valence-corrected chi connectivity index (χ1v) is 9.82. The second-order valence-electron chi connectivity index (χ2n) is 5.85. The molecule has 3 atom stereocenters. The van der Waals surface area contributed by atoms with Crippen molar-refractivity contribution in [3.05, 3.63) is 34.9 Å². The molecule has 0 aliphatic heterocycles. The molecule has 1 saturated carbocycles. The van der Waals surface area contributed by atoms with Crippen molar-refractivity contribution in [3.8, 4) is 0 Å². The van der Waals surface area contributed by atoms with Crippen molar-refractivity contribution in [1.29, 1.82) is 0 Å². The van der Waals surface area contributed by atoms with Crippen LogP contribution in [-0.2, 0) is 16.6 Å². The summed E-state index contributed by atoms with van der Waals surface area (Å²) < 4.78 is 12.9. The molecule has 0 saturated heterocycles. The predicted molar refractivity (Wildman–Crippen MR) is 92.3 cm³/mol. The van der Waals surface area contributed by atoms with Gasteiger partial charge in [0, 0.05) is 21.9 Å². The van der Waals surface area contributed by atoms with Gasteiger partial charge in [0.05, 0.1) is 11.0 Å². The lowest BCUT2D eigenvalue weighted by atomic mass is 10.1. The van der Waals surface area contributed by atoms with Crippen LogP contribution < -0.4 is 5.32 Å². The second-order valence-corrected chi connectivity index (χ2v) is 7.92. The van der Waals surface area contributed by atoms with Crippen LogP contribution in [0.3, 0.4) is 0 Å². The van der Waals surface area contributed by atoms with Crippen molar-refractivity contribution in [2.24, 2.45) is 0 Å². The average molecular weight is 328 g/mol. The molecule has 0 amide bonds. The Balaban J connectivity index is 2.04. The number of nitrogens with one attached hydrogen (secondary N) is 1. The molecule has 4 heteroatoms. The van der Waals surface area contributed by atoms with Gasteiger partial charge in [0.15, 0.2) is 0 Å². The number of benzene rings is 1. The summed E-state index contributed by atoms with van der Waals surface area (Å²) in [6, 6.07) is 8.17. The fourth-order valence-electron chi connectivity index (χ4n) is 3.03. The molecule has 0 radical (unpaired) electrons. The Bertz CT molecular complexity index is 466. The highest BCUT2D eigenvalue weighted by molar-refractivity contribution is 7.84. The average Bonchev–Trinajstić information content (AvgIpc) is 2.73. The molecule has 0 bridgehead atoms. The van der Waals surface area contributed by atoms with E-state index in [1.165, 1.54) is 19.3 Å². The molecule has 1 aromatic carbocycles. The summed E-state index contributed by atoms with van der Waals surface area (Å²) in [7, 11) is -0.859. The van der Waals surface area contributed by atoms with Gasteiger partial charge in [-0.25, -0.2) is 0 Å². The lowest BCUT2D eigenvalue weighted by Gasteiger charge is -2.26. The summed E-state index contributed by atoms with van der Waals surface area (Å²) >= 11 is 6.21. The topological polar surface area (TPSA) is 29.1 Å². The van der Waals surface area contributed by atoms with Gasteiger partial charge >= 0.3 is 0 Å². The van der Waals surface area contributed by atoms with Crippen LogP contribution in [0.15, 0.2) is 24.3 Å². The molecule has 2 rings (SSSR count). The van der Waals surface area contributed by atoms with Crippen molar-refractivity contribution in [3.63, 3.8) is 0 Å². The molecule has 3 unspecified atom stereocenters. The summed E-state index contributed by atoms with van der Waals surface area (Å²) in [5.41, 5.74) is 1.01. The minimum atomic E-state index is -0.859. The zero-order valence-corrected chi connectivity index (χ0v) is 14.4. The van der Waals surface area contributed by atoms with Crippen LogP contribution in [0.5, 0.6) is 0 Å². The molecule has 0 heterocycles. The molecule has 0 spiro atoms. The highest BCUT2D eigenvalue weighted by atomic mass is 35.5. The maximum atomic E-state index is 12.9. The normalized spacial score (nSPS) is 24.5. The van der Waals surface area contributed by atoms with Gasteiger partial charge in [-0.05, 0) is 37.4 Å². The van der Waals surface area contributed by atoms with E-state index < -0.39 is 10.8 Å². The Morgan fingerprint density at radius 1 is 1.24 bits per heavy atom. The largest absolute Gasteiger partial charge is 0.313 e. The van der Waals surface area contributed by atoms with E-state index >= 15 is 0 Å². The molecule has 118 valence electrons. The van der Waals surface area contributed by atoms with Gasteiger partial charge in [-0.3, -0.25) is 4.21 Å². The third-order valence-corrected chi connectivity index (χ3v) is 6.41. The molecule has 0 aromatic heterocycles. The third-order valence-electron chi connectivity index (χ3n) is 4.20. The van der Waals surface area contributed by atoms with Gasteiger partial charge in [0.25, 0.3) is 0 Å². The monoisotopic (exact) mass is 327 g/mol. The van der Waals surface area contributed by atoms with E-state index in [1.54, 1.807) is 0 Å². The van der Waals surface area contributed by atoms with Crippen LogP contribution in [0, 0.1) is 0 Å². The Morgan fingerprint density at radius 3 is 2.76 bits per heavy atom. The molecule has 2 nitrogen and oxygen atoms in total. The Hall–Kier alpha value is -0.380. The van der Waals surface area contributed by atoms with Gasteiger partial charge in [0.1, 0.15) is 0 Å². The predicted octanol–water partition coefficient (Wildman–Crippen LogP) is 4.29. The van der Waals surface area contributed by atoms with Gasteiger partial charge in [-0.1, -0.05) is 56.0 Å². The Morgan fingerprint density at radius 2 is 2.00 bits per heavy atom. The minimum Gasteiger partial charge on any atom is -0.313 e. The van der Waals surface area contributed by atoms with Crippen LogP contribution in [0.2, 0.25) is 5.02 Å². The van der Waals surface area contributed by atoms with E-state index in [1.807, 2.05) is 24.3 Å². The standard InChI is InChI=1S/C17H26ClNOS/c1-2-12-19-16-10-4-3-5-11-17(16)21(20)13-14-8-6-7-9-15(14)18/h6-9,16-17,19H,2-5,10-13H2,1H3. The molecular formula is C17H26ClNOS. The smallest absolute Gasteiger partial charge is 0.0504 e. The summed E-state index contributed by atoms with van der Waals surface area (Å²) in [6.45, 7) is 3.20. The van der Waals surface area contributed by atoms with E-state index in [0.717, 1.165) is 36.4 Å². The first-order valence-electron chi connectivity index (χ1n) is 8.06. The summed E-state index contributed by atoms with van der Waals surface area (Å²) in [4.78, 5) is 0. The highest BCUT2D eigenvalue weighted by Gasteiger charge is 2.28. The SMILES string of the molecule is CCCNC1CCCCCC1S(=O)Cc1ccccc1Cl. The molecular weight excluding hydrogens is 302 g/mol. The lowest BCUT2D eigenvalue weighted by molar-refractivity contribution is 0.462. The van der Waals surface area contributed by atoms with E-state index in [0.29, 0.717) is 11.8 Å². The van der Waals surface area contributed by atoms with E-state index in [-0.39, 0.29) is 5.25 Å². The minimum absolute atomic E-state index is 0.260. The molecule has 1 fully saturated rings. The maximum Gasteiger partial charge on any atom is 0.0504 e. The second kappa shape index (κ2) is 8.92. The maximum absolute atomic E-state index is 12.9. The quantitative estimate of drug-likeness (QED) is 0.790. The first-order chi connectivity index (χ1) is 10.2. The Kier molecular flexibility index (Phi) is 7.21. The number of hydrogen-bond acceptors (Lipinski definition) is 2. The van der Waals surface area contributed by atoms with Crippen LogP contribution in [0.1, 0.15) is 51.0 Å². The number of halogens is 1. The van der Waals surface area contributed by atoms with Gasteiger partial charge in [0.2, 0.25) is 0 Å². The van der Waals surface area contributed by atoms with Gasteiger partial charge in [-0.2, -0.15) is 0 Å². The first kappa shape index (κ1) is 17.0. The van der Waals surface area contributed by atoms with Crippen LogP contribution >= 0.6 is 11.6 Å². The zero-order chi connectivity index (χ0) is 15.1. The molecule has 1 aliphatic carbocycles. The molecule has 1 aliphatic rings. The van der Waals surface area contributed by atoms with Crippen molar-refractivity contribution in [1.82, 2.24) is 5.32 Å². The zero-order valence-electron chi connectivity index (χ0n) is 12.8. The van der Waals surface area contributed by atoms with Gasteiger partial charge in [-0.15, -0.1) is 0 Å². The fraction of sp³-hybridized carbons (Fsp3) is 0.647. The lowest BCUT2D eigenvalue weighted by Crippen LogP contribution is -2.42. The van der Waals surface area contributed by atoms with E-state index in [9.17, 15) is 4.21 Å². The van der Waals surface area contributed by atoms with E-state index in [2.05, 4.69) is 12.2 Å². The van der Waals surface area contributed by atoms with Crippen molar-refractivity contribution >= 4 is 22.4 Å². The number of rotatable bonds is 6. The number of hydrogen-bond donors (Lipinski definition) is 1. The molecule has 21 heavy (non-hydrogen) atoms. The summed E-state index contributed by atoms with van der Waals surface area (Å²) in [5.74, 6) is 0.578.